The van der Waals surface area contributed by atoms with Gasteiger partial charge in [0.1, 0.15) is 30.5 Å². The van der Waals surface area contributed by atoms with Gasteiger partial charge in [-0.05, 0) is 31.2 Å². The fraction of sp³-hybridized carbons (Fsp3) is 0.333. The topological polar surface area (TPSA) is 162 Å². The predicted octanol–water partition coefficient (Wildman–Crippen LogP) is 1.64. The number of ether oxygens (including phenoxy) is 4. The average Bonchev–Trinajstić information content (AvgIpc) is 2.84. The third kappa shape index (κ3) is 9.43. The molecule has 0 heterocycles. The van der Waals surface area contributed by atoms with E-state index in [9.17, 15) is 14.4 Å². The van der Waals surface area contributed by atoms with Crippen LogP contribution < -0.4 is 25.8 Å². The maximum Gasteiger partial charge on any atom is 0.325 e. The van der Waals surface area contributed by atoms with E-state index in [0.29, 0.717) is 35.1 Å². The van der Waals surface area contributed by atoms with Gasteiger partial charge in [0.25, 0.3) is 11.8 Å². The van der Waals surface area contributed by atoms with Crippen molar-refractivity contribution in [2.45, 2.75) is 13.5 Å². The number of nitrogens with one attached hydrogen (secondary N) is 3. The van der Waals surface area contributed by atoms with Crippen LogP contribution in [0.15, 0.2) is 36.4 Å². The number of benzene rings is 2. The molecule has 0 aliphatic carbocycles. The lowest BCUT2D eigenvalue weighted by Crippen LogP contribution is -2.34. The molecule has 2 aromatic carbocycles. The lowest BCUT2D eigenvalue weighted by atomic mass is 10.1. The molecule has 0 aliphatic rings. The molecule has 36 heavy (non-hydrogen) atoms. The molecule has 0 bridgehead atoms. The molecule has 2 amide bonds. The van der Waals surface area contributed by atoms with Gasteiger partial charge >= 0.3 is 5.97 Å². The van der Waals surface area contributed by atoms with Crippen molar-refractivity contribution in [1.29, 1.82) is 5.41 Å². The summed E-state index contributed by atoms with van der Waals surface area (Å²) in [6.07, 6.45) is 0. The van der Waals surface area contributed by atoms with Crippen molar-refractivity contribution in [2.24, 2.45) is 5.73 Å². The first-order valence-electron chi connectivity index (χ1n) is 11.0. The minimum atomic E-state index is -0.568. The first-order chi connectivity index (χ1) is 17.2. The smallest absolute Gasteiger partial charge is 0.325 e. The van der Waals surface area contributed by atoms with E-state index in [2.05, 4.69) is 10.6 Å². The van der Waals surface area contributed by atoms with Crippen molar-refractivity contribution >= 4 is 35.2 Å². The van der Waals surface area contributed by atoms with Crippen LogP contribution in [0.25, 0.3) is 0 Å². The Morgan fingerprint density at radius 1 is 1.03 bits per heavy atom. The van der Waals surface area contributed by atoms with E-state index in [1.54, 1.807) is 38.3 Å². The zero-order chi connectivity index (χ0) is 26.5. The summed E-state index contributed by atoms with van der Waals surface area (Å²) in [6, 6.07) is 9.36. The molecular weight excluding hydrogens is 492 g/mol. The molecule has 0 aliphatic heterocycles. The quantitative estimate of drug-likeness (QED) is 0.126. The molecule has 5 N–H and O–H groups in total. The molecule has 0 spiro atoms. The fourth-order valence-electron chi connectivity index (χ4n) is 2.88. The van der Waals surface area contributed by atoms with Crippen molar-refractivity contribution < 1.29 is 33.3 Å². The molecule has 0 atom stereocenters. The summed E-state index contributed by atoms with van der Waals surface area (Å²) < 4.78 is 20.8. The summed E-state index contributed by atoms with van der Waals surface area (Å²) in [5, 5.41) is 13.1. The largest absolute Gasteiger partial charge is 0.491 e. The Bertz CT molecular complexity index is 1090. The lowest BCUT2D eigenvalue weighted by Gasteiger charge is -2.14. The first kappa shape index (κ1) is 28.4. The Hall–Kier alpha value is -3.83. The molecule has 0 saturated carbocycles. The van der Waals surface area contributed by atoms with Gasteiger partial charge < -0.3 is 35.3 Å². The highest BCUT2D eigenvalue weighted by atomic mass is 35.5. The highest BCUT2D eigenvalue weighted by Gasteiger charge is 2.14. The van der Waals surface area contributed by atoms with Crippen LogP contribution >= 0.6 is 11.6 Å². The van der Waals surface area contributed by atoms with Crippen LogP contribution in [-0.2, 0) is 25.6 Å². The number of halogens is 1. The summed E-state index contributed by atoms with van der Waals surface area (Å²) in [5.41, 5.74) is 6.76. The maximum absolute atomic E-state index is 12.8. The molecule has 194 valence electrons. The van der Waals surface area contributed by atoms with Crippen molar-refractivity contribution in [3.8, 4) is 11.5 Å². The molecule has 0 radical (unpaired) electrons. The van der Waals surface area contributed by atoms with Crippen molar-refractivity contribution in [3.63, 3.8) is 0 Å². The van der Waals surface area contributed by atoms with Gasteiger partial charge in [0.2, 0.25) is 0 Å². The van der Waals surface area contributed by atoms with Gasteiger partial charge in [0.15, 0.2) is 6.61 Å². The molecular formula is C24H29ClN4O7. The van der Waals surface area contributed by atoms with Crippen LogP contribution in [0.5, 0.6) is 11.5 Å². The van der Waals surface area contributed by atoms with Gasteiger partial charge in [-0.2, -0.15) is 0 Å². The van der Waals surface area contributed by atoms with Crippen LogP contribution in [0.1, 0.15) is 28.4 Å². The number of amidine groups is 1. The van der Waals surface area contributed by atoms with Crippen LogP contribution in [0, 0.1) is 5.41 Å². The van der Waals surface area contributed by atoms with Gasteiger partial charge in [-0.25, -0.2) is 0 Å². The fourth-order valence-corrected chi connectivity index (χ4v) is 3.10. The average molecular weight is 521 g/mol. The number of hydrogen-bond acceptors (Lipinski definition) is 8. The summed E-state index contributed by atoms with van der Waals surface area (Å²) >= 11 is 6.12. The van der Waals surface area contributed by atoms with Gasteiger partial charge in [-0.1, -0.05) is 23.7 Å². The van der Waals surface area contributed by atoms with Crippen molar-refractivity contribution in [3.05, 3.63) is 58.1 Å². The highest BCUT2D eigenvalue weighted by Crippen LogP contribution is 2.23. The van der Waals surface area contributed by atoms with E-state index in [4.69, 9.17) is 41.7 Å². The first-order valence-corrected chi connectivity index (χ1v) is 11.3. The minimum absolute atomic E-state index is 0.0448. The van der Waals surface area contributed by atoms with E-state index in [0.717, 1.165) is 0 Å². The Morgan fingerprint density at radius 2 is 1.81 bits per heavy atom. The SMILES string of the molecule is CCOC(=O)CNC(=O)COc1cc(C(=N)N)ccc1CNC(=O)c1cc(Cl)cc(OCCOC)c1. The number of hydrogen-bond donors (Lipinski definition) is 4. The third-order valence-electron chi connectivity index (χ3n) is 4.60. The highest BCUT2D eigenvalue weighted by molar-refractivity contribution is 6.31. The van der Waals surface area contributed by atoms with Gasteiger partial charge in [0.05, 0.1) is 13.2 Å². The van der Waals surface area contributed by atoms with E-state index < -0.39 is 24.4 Å². The van der Waals surface area contributed by atoms with Crippen LogP contribution in [0.2, 0.25) is 5.02 Å². The second-order valence-electron chi connectivity index (χ2n) is 7.31. The summed E-state index contributed by atoms with van der Waals surface area (Å²) in [7, 11) is 1.55. The molecule has 0 fully saturated rings. The number of nitrogens with two attached hydrogens (primary N) is 1. The number of carbonyl (C=O) groups is 3. The third-order valence-corrected chi connectivity index (χ3v) is 4.82. The molecule has 0 saturated heterocycles. The zero-order valence-corrected chi connectivity index (χ0v) is 20.8. The number of amides is 2. The Morgan fingerprint density at radius 3 is 2.50 bits per heavy atom. The normalized spacial score (nSPS) is 10.3. The molecule has 0 aromatic heterocycles. The van der Waals surface area contributed by atoms with E-state index >= 15 is 0 Å². The van der Waals surface area contributed by atoms with E-state index in [1.807, 2.05) is 0 Å². The maximum atomic E-state index is 12.8. The molecule has 2 rings (SSSR count). The standard InChI is InChI=1S/C24H29ClN4O7/c1-3-34-22(31)13-28-21(30)14-36-20-10-15(23(26)27)4-5-16(20)12-29-24(32)17-8-18(25)11-19(9-17)35-7-6-33-2/h4-5,8-11H,3,6-7,12-14H2,1-2H3,(H3,26,27)(H,28,30)(H,29,32). The Kier molecular flexibility index (Phi) is 11.5. The van der Waals surface area contributed by atoms with Crippen LogP contribution in [0.3, 0.4) is 0 Å². The number of nitrogen functional groups attached to an aromatic ring is 1. The van der Waals surface area contributed by atoms with Gasteiger partial charge in [-0.15, -0.1) is 0 Å². The van der Waals surface area contributed by atoms with E-state index in [1.165, 1.54) is 12.1 Å². The molecule has 11 nitrogen and oxygen atoms in total. The lowest BCUT2D eigenvalue weighted by molar-refractivity contribution is -0.143. The number of methoxy groups -OCH3 is 1. The monoisotopic (exact) mass is 520 g/mol. The Balaban J connectivity index is 2.07. The van der Waals surface area contributed by atoms with Crippen molar-refractivity contribution in [2.75, 3.05) is 40.1 Å². The van der Waals surface area contributed by atoms with E-state index in [-0.39, 0.29) is 36.8 Å². The number of rotatable bonds is 14. The van der Waals surface area contributed by atoms with Gasteiger partial charge in [-0.3, -0.25) is 19.8 Å². The van der Waals surface area contributed by atoms with Crippen molar-refractivity contribution in [1.82, 2.24) is 10.6 Å². The molecule has 2 aromatic rings. The van der Waals surface area contributed by atoms with Gasteiger partial charge in [0, 0.05) is 35.4 Å². The molecule has 12 heteroatoms. The van der Waals surface area contributed by atoms with Crippen LogP contribution in [-0.4, -0.2) is 63.7 Å². The Labute approximate surface area is 213 Å². The second-order valence-corrected chi connectivity index (χ2v) is 7.74. The summed E-state index contributed by atoms with van der Waals surface area (Å²) in [4.78, 5) is 36.2. The number of esters is 1. The summed E-state index contributed by atoms with van der Waals surface area (Å²) in [6.45, 7) is 1.90. The zero-order valence-electron chi connectivity index (χ0n) is 20.0. The summed E-state index contributed by atoms with van der Waals surface area (Å²) in [5.74, 6) is -1.06. The minimum Gasteiger partial charge on any atom is -0.491 e. The second kappa shape index (κ2) is 14.5. The predicted molar refractivity (Wildman–Crippen MR) is 133 cm³/mol. The van der Waals surface area contributed by atoms with Crippen LogP contribution in [0.4, 0.5) is 0 Å². The molecule has 0 unspecified atom stereocenters. The number of carbonyl (C=O) groups excluding carboxylic acids is 3.